The van der Waals surface area contributed by atoms with Crippen LogP contribution in [0.1, 0.15) is 12.5 Å². The van der Waals surface area contributed by atoms with Gasteiger partial charge in [0.25, 0.3) is 0 Å². The topological polar surface area (TPSA) is 29.5 Å². The normalized spacial score (nSPS) is 10.1. The molecule has 3 nitrogen and oxygen atoms in total. The Morgan fingerprint density at radius 2 is 1.75 bits per heavy atom. The van der Waals surface area contributed by atoms with E-state index >= 15 is 0 Å². The molecule has 2 aromatic carbocycles. The first-order valence-corrected chi connectivity index (χ1v) is 7.24. The molecule has 0 unspecified atom stereocenters. The Hall–Kier alpha value is -1.81. The third-order valence-corrected chi connectivity index (χ3v) is 3.34. The van der Waals surface area contributed by atoms with Crippen LogP contribution in [0.15, 0.2) is 59.1 Å². The first-order valence-electron chi connectivity index (χ1n) is 6.44. The highest BCUT2D eigenvalue weighted by Gasteiger charge is 2.17. The second-order valence-corrected chi connectivity index (χ2v) is 5.16. The van der Waals surface area contributed by atoms with Crippen LogP contribution >= 0.6 is 15.9 Å². The van der Waals surface area contributed by atoms with Crippen molar-refractivity contribution in [2.45, 2.75) is 13.5 Å². The highest BCUT2D eigenvalue weighted by molar-refractivity contribution is 9.10. The molecule has 0 N–H and O–H groups in total. The fourth-order valence-corrected chi connectivity index (χ4v) is 2.11. The van der Waals surface area contributed by atoms with Crippen LogP contribution in [0.2, 0.25) is 0 Å². The molecule has 0 fully saturated rings. The first-order chi connectivity index (χ1) is 9.70. The monoisotopic (exact) mass is 333 g/mol. The van der Waals surface area contributed by atoms with Crippen molar-refractivity contribution in [3.63, 3.8) is 0 Å². The summed E-state index contributed by atoms with van der Waals surface area (Å²) < 4.78 is 6.11. The van der Waals surface area contributed by atoms with Crippen LogP contribution in [0.5, 0.6) is 0 Å². The van der Waals surface area contributed by atoms with E-state index in [4.69, 9.17) is 4.74 Å². The van der Waals surface area contributed by atoms with E-state index in [0.29, 0.717) is 13.2 Å². The molecule has 0 saturated heterocycles. The van der Waals surface area contributed by atoms with Crippen molar-refractivity contribution in [1.29, 1.82) is 0 Å². The summed E-state index contributed by atoms with van der Waals surface area (Å²) in [5.74, 6) is 0. The number of benzene rings is 2. The van der Waals surface area contributed by atoms with Crippen LogP contribution in [0.4, 0.5) is 10.5 Å². The van der Waals surface area contributed by atoms with E-state index in [1.807, 2.05) is 54.6 Å². The molecule has 4 heteroatoms. The molecule has 104 valence electrons. The number of carbonyl (C=O) groups excluding carboxylic acids is 1. The van der Waals surface area contributed by atoms with Crippen molar-refractivity contribution in [3.05, 3.63) is 64.6 Å². The maximum atomic E-state index is 12.1. The molecule has 0 aliphatic rings. The third kappa shape index (κ3) is 3.84. The largest absolute Gasteiger partial charge is 0.449 e. The van der Waals surface area contributed by atoms with Gasteiger partial charge >= 0.3 is 6.09 Å². The van der Waals surface area contributed by atoms with E-state index in [1.54, 1.807) is 11.8 Å². The molecule has 2 aromatic rings. The van der Waals surface area contributed by atoms with Gasteiger partial charge in [0.1, 0.15) is 0 Å². The van der Waals surface area contributed by atoms with Crippen molar-refractivity contribution in [2.24, 2.45) is 0 Å². The summed E-state index contributed by atoms with van der Waals surface area (Å²) in [5.41, 5.74) is 1.87. The Bertz CT molecular complexity index is 554. The molecule has 2 rings (SSSR count). The Morgan fingerprint density at radius 3 is 2.35 bits per heavy atom. The highest BCUT2D eigenvalue weighted by Crippen LogP contribution is 2.21. The second-order valence-electron chi connectivity index (χ2n) is 4.25. The van der Waals surface area contributed by atoms with E-state index in [9.17, 15) is 4.79 Å². The molecule has 0 bridgehead atoms. The van der Waals surface area contributed by atoms with Crippen molar-refractivity contribution in [3.8, 4) is 0 Å². The minimum Gasteiger partial charge on any atom is -0.449 e. The molecule has 0 radical (unpaired) electrons. The van der Waals surface area contributed by atoms with Crippen molar-refractivity contribution in [2.75, 3.05) is 11.5 Å². The number of hydrogen-bond donors (Lipinski definition) is 0. The van der Waals surface area contributed by atoms with E-state index in [2.05, 4.69) is 15.9 Å². The van der Waals surface area contributed by atoms with Crippen molar-refractivity contribution in [1.82, 2.24) is 0 Å². The van der Waals surface area contributed by atoms with Crippen LogP contribution < -0.4 is 4.90 Å². The fourth-order valence-electron chi connectivity index (χ4n) is 1.85. The summed E-state index contributed by atoms with van der Waals surface area (Å²) in [6, 6.07) is 17.5. The number of ether oxygens (including phenoxy) is 1. The molecular weight excluding hydrogens is 318 g/mol. The standard InChI is InChI=1S/C16H16BrNO2/c1-2-20-16(19)18(12-13-6-4-3-5-7-13)15-10-8-14(17)9-11-15/h3-11H,2,12H2,1H3. The molecular formula is C16H16BrNO2. The van der Waals surface area contributed by atoms with Gasteiger partial charge in [-0.15, -0.1) is 0 Å². The van der Waals surface area contributed by atoms with E-state index in [0.717, 1.165) is 15.7 Å². The maximum absolute atomic E-state index is 12.1. The molecule has 20 heavy (non-hydrogen) atoms. The van der Waals surface area contributed by atoms with Crippen LogP contribution in [0, 0.1) is 0 Å². The summed E-state index contributed by atoms with van der Waals surface area (Å²) in [5, 5.41) is 0. The zero-order chi connectivity index (χ0) is 14.4. The fraction of sp³-hybridized carbons (Fsp3) is 0.188. The number of anilines is 1. The summed E-state index contributed by atoms with van der Waals surface area (Å²) in [7, 11) is 0. The van der Waals surface area contributed by atoms with E-state index < -0.39 is 0 Å². The van der Waals surface area contributed by atoms with Crippen LogP contribution in [-0.2, 0) is 11.3 Å². The Labute approximate surface area is 127 Å². The van der Waals surface area contributed by atoms with Gasteiger partial charge in [-0.1, -0.05) is 46.3 Å². The predicted octanol–water partition coefficient (Wildman–Crippen LogP) is 4.61. The number of rotatable bonds is 4. The Kier molecular flexibility index (Phi) is 5.18. The van der Waals surface area contributed by atoms with Gasteiger partial charge in [-0.2, -0.15) is 0 Å². The smallest absolute Gasteiger partial charge is 0.414 e. The Morgan fingerprint density at radius 1 is 1.10 bits per heavy atom. The first kappa shape index (κ1) is 14.6. The highest BCUT2D eigenvalue weighted by atomic mass is 79.9. The summed E-state index contributed by atoms with van der Waals surface area (Å²) in [4.78, 5) is 13.8. The van der Waals surface area contributed by atoms with Gasteiger partial charge in [-0.25, -0.2) is 4.79 Å². The lowest BCUT2D eigenvalue weighted by Crippen LogP contribution is -2.31. The van der Waals surface area contributed by atoms with Crippen LogP contribution in [-0.4, -0.2) is 12.7 Å². The van der Waals surface area contributed by atoms with Crippen LogP contribution in [0.3, 0.4) is 0 Å². The molecule has 0 heterocycles. The van der Waals surface area contributed by atoms with Gasteiger partial charge < -0.3 is 4.74 Å². The molecule has 1 amide bonds. The lowest BCUT2D eigenvalue weighted by molar-refractivity contribution is 0.159. The quantitative estimate of drug-likeness (QED) is 0.817. The SMILES string of the molecule is CCOC(=O)N(Cc1ccccc1)c1ccc(Br)cc1. The number of carbonyl (C=O) groups is 1. The van der Waals surface area contributed by atoms with Gasteiger partial charge in [0.2, 0.25) is 0 Å². The zero-order valence-corrected chi connectivity index (χ0v) is 12.8. The number of amides is 1. The zero-order valence-electron chi connectivity index (χ0n) is 11.3. The van der Waals surface area contributed by atoms with Gasteiger partial charge in [-0.05, 0) is 36.8 Å². The third-order valence-electron chi connectivity index (χ3n) is 2.81. The van der Waals surface area contributed by atoms with Crippen LogP contribution in [0.25, 0.3) is 0 Å². The number of halogens is 1. The summed E-state index contributed by atoms with van der Waals surface area (Å²) in [6.45, 7) is 2.65. The lowest BCUT2D eigenvalue weighted by atomic mass is 10.2. The maximum Gasteiger partial charge on any atom is 0.414 e. The molecule has 0 aliphatic heterocycles. The van der Waals surface area contributed by atoms with Gasteiger partial charge in [0.15, 0.2) is 0 Å². The number of nitrogens with zero attached hydrogens (tertiary/aromatic N) is 1. The van der Waals surface area contributed by atoms with Gasteiger partial charge in [0.05, 0.1) is 13.2 Å². The molecule has 0 atom stereocenters. The predicted molar refractivity (Wildman–Crippen MR) is 83.8 cm³/mol. The molecule has 0 saturated carbocycles. The van der Waals surface area contributed by atoms with Gasteiger partial charge in [0, 0.05) is 10.2 Å². The van der Waals surface area contributed by atoms with E-state index in [1.165, 1.54) is 0 Å². The Balaban J connectivity index is 2.25. The summed E-state index contributed by atoms with van der Waals surface area (Å²) in [6.07, 6.45) is -0.335. The van der Waals surface area contributed by atoms with Crippen molar-refractivity contribution >= 4 is 27.7 Å². The number of hydrogen-bond acceptors (Lipinski definition) is 2. The molecule has 0 aliphatic carbocycles. The lowest BCUT2D eigenvalue weighted by Gasteiger charge is -2.22. The van der Waals surface area contributed by atoms with Crippen molar-refractivity contribution < 1.29 is 9.53 Å². The average molecular weight is 334 g/mol. The minimum atomic E-state index is -0.335. The minimum absolute atomic E-state index is 0.335. The summed E-state index contributed by atoms with van der Waals surface area (Å²) >= 11 is 3.39. The average Bonchev–Trinajstić information content (AvgIpc) is 2.47. The molecule has 0 spiro atoms. The van der Waals surface area contributed by atoms with Gasteiger partial charge in [-0.3, -0.25) is 4.90 Å². The van der Waals surface area contributed by atoms with E-state index in [-0.39, 0.29) is 6.09 Å². The molecule has 0 aromatic heterocycles. The second kappa shape index (κ2) is 7.10.